The van der Waals surface area contributed by atoms with Crippen LogP contribution in [0.25, 0.3) is 0 Å². The number of pyridine rings is 1. The van der Waals surface area contributed by atoms with Crippen LogP contribution in [0, 0.1) is 5.82 Å². The van der Waals surface area contributed by atoms with Gasteiger partial charge in [0.1, 0.15) is 5.82 Å². The molecule has 0 saturated heterocycles. The van der Waals surface area contributed by atoms with E-state index in [1.165, 1.54) is 19.2 Å². The molecule has 0 fully saturated rings. The lowest BCUT2D eigenvalue weighted by Gasteiger charge is -2.25. The van der Waals surface area contributed by atoms with Gasteiger partial charge in [0.15, 0.2) is 0 Å². The molecule has 2 unspecified atom stereocenters. The molecule has 0 radical (unpaired) electrons. The number of rotatable bonds is 9. The van der Waals surface area contributed by atoms with Gasteiger partial charge in [-0.1, -0.05) is 19.1 Å². The van der Waals surface area contributed by atoms with Crippen LogP contribution < -0.4 is 10.6 Å². The van der Waals surface area contributed by atoms with Gasteiger partial charge in [-0.25, -0.2) is 4.39 Å². The second kappa shape index (κ2) is 10.7. The van der Waals surface area contributed by atoms with Crippen molar-refractivity contribution in [3.8, 4) is 0 Å². The third kappa shape index (κ3) is 6.64. The zero-order valence-corrected chi connectivity index (χ0v) is 17.4. The largest absolute Gasteiger partial charge is 0.355 e. The summed E-state index contributed by atoms with van der Waals surface area (Å²) in [5, 5.41) is 5.39. The highest BCUT2D eigenvalue weighted by atomic mass is 19.1. The Morgan fingerprint density at radius 3 is 2.55 bits per heavy atom. The second-order valence-electron chi connectivity index (χ2n) is 7.38. The van der Waals surface area contributed by atoms with Crippen molar-refractivity contribution in [3.05, 3.63) is 65.2 Å². The van der Waals surface area contributed by atoms with Crippen molar-refractivity contribution < 1.29 is 14.0 Å². The highest BCUT2D eigenvalue weighted by Crippen LogP contribution is 2.16. The van der Waals surface area contributed by atoms with E-state index in [0.717, 1.165) is 11.3 Å². The number of nitrogens with zero attached hydrogens (tertiary/aromatic N) is 2. The van der Waals surface area contributed by atoms with Crippen molar-refractivity contribution in [2.45, 2.75) is 31.7 Å². The topological polar surface area (TPSA) is 74.3 Å². The number of likely N-dealkylation sites (N-methyl/N-ethyl adjacent to an activating group) is 1. The molecule has 2 atom stereocenters. The van der Waals surface area contributed by atoms with E-state index in [2.05, 4.69) is 15.6 Å². The Hall–Kier alpha value is -2.80. The molecule has 0 aliphatic heterocycles. The van der Waals surface area contributed by atoms with Crippen LogP contribution in [-0.2, 0) is 11.2 Å². The predicted molar refractivity (Wildman–Crippen MR) is 111 cm³/mol. The first-order valence-corrected chi connectivity index (χ1v) is 9.66. The Balaban J connectivity index is 1.94. The van der Waals surface area contributed by atoms with Crippen LogP contribution in [0.1, 0.15) is 40.9 Å². The fraction of sp³-hybridized carbons (Fsp3) is 0.409. The molecule has 0 spiro atoms. The third-order valence-corrected chi connectivity index (χ3v) is 4.93. The second-order valence-corrected chi connectivity index (χ2v) is 7.38. The van der Waals surface area contributed by atoms with Gasteiger partial charge in [0, 0.05) is 43.9 Å². The van der Waals surface area contributed by atoms with Gasteiger partial charge >= 0.3 is 0 Å². The van der Waals surface area contributed by atoms with Gasteiger partial charge in [0.05, 0.1) is 5.56 Å². The molecule has 29 heavy (non-hydrogen) atoms. The van der Waals surface area contributed by atoms with Gasteiger partial charge in [-0.3, -0.25) is 14.6 Å². The molecule has 0 bridgehead atoms. The number of aromatic nitrogens is 1. The zero-order valence-electron chi connectivity index (χ0n) is 17.4. The van der Waals surface area contributed by atoms with Crippen molar-refractivity contribution in [1.29, 1.82) is 0 Å². The normalized spacial score (nSPS) is 13.0. The molecule has 2 amide bonds. The maximum atomic E-state index is 14.2. The van der Waals surface area contributed by atoms with Gasteiger partial charge in [0.25, 0.3) is 5.91 Å². The molecule has 6 nitrogen and oxygen atoms in total. The van der Waals surface area contributed by atoms with Crippen molar-refractivity contribution >= 4 is 11.8 Å². The molecule has 1 heterocycles. The third-order valence-electron chi connectivity index (χ3n) is 4.93. The van der Waals surface area contributed by atoms with E-state index in [0.29, 0.717) is 19.4 Å². The van der Waals surface area contributed by atoms with E-state index in [4.69, 9.17) is 0 Å². The number of halogens is 1. The minimum atomic E-state index is -0.549. The molecule has 156 valence electrons. The number of carbonyl (C=O) groups excluding carboxylic acids is 2. The lowest BCUT2D eigenvalue weighted by Crippen LogP contribution is -2.41. The molecule has 2 rings (SSSR count). The standard InChI is InChI=1S/C22H29FN4O2/c1-15(20-7-5-6-10-25-20)11-21(28)26-14-17(27(3)4)12-16-8-9-18(19(23)13-16)22(29)24-2/h5-10,13,15,17H,11-12,14H2,1-4H3,(H,24,29)(H,26,28). The summed E-state index contributed by atoms with van der Waals surface area (Å²) >= 11 is 0. The zero-order chi connectivity index (χ0) is 21.4. The minimum absolute atomic E-state index is 0.00522. The van der Waals surface area contributed by atoms with E-state index in [9.17, 15) is 14.0 Å². The lowest BCUT2D eigenvalue weighted by atomic mass is 10.0. The van der Waals surface area contributed by atoms with Crippen LogP contribution in [0.5, 0.6) is 0 Å². The van der Waals surface area contributed by atoms with Crippen LogP contribution in [0.2, 0.25) is 0 Å². The Labute approximate surface area is 171 Å². The van der Waals surface area contributed by atoms with Gasteiger partial charge in [-0.05, 0) is 50.3 Å². The fourth-order valence-electron chi connectivity index (χ4n) is 3.07. The summed E-state index contributed by atoms with van der Waals surface area (Å²) in [5.74, 6) is -1.02. The van der Waals surface area contributed by atoms with E-state index >= 15 is 0 Å². The van der Waals surface area contributed by atoms with E-state index in [-0.39, 0.29) is 23.4 Å². The van der Waals surface area contributed by atoms with E-state index in [1.807, 2.05) is 44.1 Å². The molecule has 2 N–H and O–H groups in total. The first-order chi connectivity index (χ1) is 13.8. The summed E-state index contributed by atoms with van der Waals surface area (Å²) < 4.78 is 14.2. The van der Waals surface area contributed by atoms with Crippen molar-refractivity contribution in [3.63, 3.8) is 0 Å². The number of amides is 2. The summed E-state index contributed by atoms with van der Waals surface area (Å²) in [6.45, 7) is 2.42. The Morgan fingerprint density at radius 2 is 1.97 bits per heavy atom. The van der Waals surface area contributed by atoms with Crippen LogP contribution in [-0.4, -0.2) is 55.4 Å². The Morgan fingerprint density at radius 1 is 1.21 bits per heavy atom. The summed E-state index contributed by atoms with van der Waals surface area (Å²) in [6.07, 6.45) is 2.63. The van der Waals surface area contributed by atoms with Gasteiger partial charge < -0.3 is 15.5 Å². The molecule has 1 aromatic heterocycles. The predicted octanol–water partition coefficient (Wildman–Crippen LogP) is 2.36. The van der Waals surface area contributed by atoms with Crippen LogP contribution >= 0.6 is 0 Å². The molecule has 1 aromatic carbocycles. The quantitative estimate of drug-likeness (QED) is 0.678. The molecule has 0 saturated carbocycles. The van der Waals surface area contributed by atoms with E-state index < -0.39 is 11.7 Å². The van der Waals surface area contributed by atoms with Crippen molar-refractivity contribution in [1.82, 2.24) is 20.5 Å². The number of hydrogen-bond donors (Lipinski definition) is 2. The van der Waals surface area contributed by atoms with Gasteiger partial charge in [0.2, 0.25) is 5.91 Å². The minimum Gasteiger partial charge on any atom is -0.355 e. The molecule has 2 aromatic rings. The number of hydrogen-bond acceptors (Lipinski definition) is 4. The van der Waals surface area contributed by atoms with E-state index in [1.54, 1.807) is 12.3 Å². The van der Waals surface area contributed by atoms with Crippen LogP contribution in [0.3, 0.4) is 0 Å². The Kier molecular flexibility index (Phi) is 8.27. The first kappa shape index (κ1) is 22.5. The highest BCUT2D eigenvalue weighted by molar-refractivity contribution is 5.94. The molecule has 0 aliphatic rings. The average Bonchev–Trinajstić information content (AvgIpc) is 2.71. The average molecular weight is 400 g/mol. The Bertz CT molecular complexity index is 827. The number of nitrogens with one attached hydrogen (secondary N) is 2. The van der Waals surface area contributed by atoms with Crippen LogP contribution in [0.4, 0.5) is 4.39 Å². The van der Waals surface area contributed by atoms with Crippen molar-refractivity contribution in [2.75, 3.05) is 27.7 Å². The summed E-state index contributed by atoms with van der Waals surface area (Å²) in [7, 11) is 5.31. The lowest BCUT2D eigenvalue weighted by molar-refractivity contribution is -0.121. The number of carbonyl (C=O) groups is 2. The summed E-state index contributed by atoms with van der Waals surface area (Å²) in [6, 6.07) is 10.3. The number of benzene rings is 1. The maximum Gasteiger partial charge on any atom is 0.253 e. The summed E-state index contributed by atoms with van der Waals surface area (Å²) in [4.78, 5) is 30.3. The van der Waals surface area contributed by atoms with Gasteiger partial charge in [-0.2, -0.15) is 0 Å². The SMILES string of the molecule is CNC(=O)c1ccc(CC(CNC(=O)CC(C)c2ccccn2)N(C)C)cc1F. The van der Waals surface area contributed by atoms with Crippen LogP contribution in [0.15, 0.2) is 42.6 Å². The smallest absolute Gasteiger partial charge is 0.253 e. The molecular formula is C22H29FN4O2. The van der Waals surface area contributed by atoms with Gasteiger partial charge in [-0.15, -0.1) is 0 Å². The first-order valence-electron chi connectivity index (χ1n) is 9.66. The maximum absolute atomic E-state index is 14.2. The fourth-order valence-corrected chi connectivity index (χ4v) is 3.07. The highest BCUT2D eigenvalue weighted by Gasteiger charge is 2.18. The monoisotopic (exact) mass is 400 g/mol. The molecular weight excluding hydrogens is 371 g/mol. The molecule has 7 heteroatoms. The molecule has 0 aliphatic carbocycles. The summed E-state index contributed by atoms with van der Waals surface area (Å²) in [5.41, 5.74) is 1.68. The van der Waals surface area contributed by atoms with Crippen molar-refractivity contribution in [2.24, 2.45) is 0 Å².